The van der Waals surface area contributed by atoms with Crippen LogP contribution in [-0.2, 0) is 25.7 Å². The van der Waals surface area contributed by atoms with E-state index < -0.39 is 45.6 Å². The summed E-state index contributed by atoms with van der Waals surface area (Å²) in [5, 5.41) is 2.83. The van der Waals surface area contributed by atoms with Gasteiger partial charge in [0.25, 0.3) is 0 Å². The van der Waals surface area contributed by atoms with Gasteiger partial charge in [-0.15, -0.1) is 0 Å². The number of rotatable bonds is 7. The van der Waals surface area contributed by atoms with Crippen molar-refractivity contribution >= 4 is 81.4 Å². The second-order valence-corrected chi connectivity index (χ2v) is 12.6. The molecule has 3 amide bonds. The van der Waals surface area contributed by atoms with Gasteiger partial charge in [0.05, 0.1) is 55.9 Å². The van der Waals surface area contributed by atoms with E-state index in [-0.39, 0.29) is 23.7 Å². The van der Waals surface area contributed by atoms with Gasteiger partial charge in [-0.2, -0.15) is 0 Å². The van der Waals surface area contributed by atoms with Crippen molar-refractivity contribution in [1.82, 2.24) is 4.57 Å². The van der Waals surface area contributed by atoms with Gasteiger partial charge >= 0.3 is 10.8 Å². The number of carbonyl (C=O) groups is 4. The molecule has 220 valence electrons. The predicted molar refractivity (Wildman–Crippen MR) is 162 cm³/mol. The summed E-state index contributed by atoms with van der Waals surface area (Å²) < 4.78 is 12.0. The number of fused-ring (bicyclic) bond motifs is 2. The average molecular weight is 659 g/mol. The molecule has 0 bridgehead atoms. The lowest BCUT2D eigenvalue weighted by Crippen LogP contribution is -2.32. The van der Waals surface area contributed by atoms with Gasteiger partial charge in [0.2, 0.25) is 17.7 Å². The van der Waals surface area contributed by atoms with Crippen molar-refractivity contribution in [3.05, 3.63) is 96.8 Å². The summed E-state index contributed by atoms with van der Waals surface area (Å²) in [6, 6.07) is 14.0. The molecule has 0 spiro atoms. The average Bonchev–Trinajstić information content (AvgIpc) is 3.68. The molecular weight excluding hydrogens is 637 g/mol. The molecule has 0 unspecified atom stereocenters. The van der Waals surface area contributed by atoms with Crippen LogP contribution >= 0.6 is 46.3 Å². The quantitative estimate of drug-likeness (QED) is 0.206. The summed E-state index contributed by atoms with van der Waals surface area (Å²) in [5.74, 6) is -3.10. The van der Waals surface area contributed by atoms with Crippen molar-refractivity contribution < 1.29 is 28.3 Å². The predicted octanol–water partition coefficient (Wildman–Crippen LogP) is 5.42. The molecule has 14 heteroatoms. The minimum absolute atomic E-state index is 0.213. The Balaban J connectivity index is 1.33. The number of amides is 3. The normalized spacial score (nSPS) is 19.2. The molecule has 3 atom stereocenters. The maximum atomic E-state index is 13.9. The molecule has 6 rings (SSSR count). The van der Waals surface area contributed by atoms with Crippen molar-refractivity contribution in [1.29, 1.82) is 0 Å². The number of furan rings is 1. The van der Waals surface area contributed by atoms with E-state index in [1.165, 1.54) is 41.2 Å². The maximum Gasteiger partial charge on any atom is 0.338 e. The van der Waals surface area contributed by atoms with Crippen LogP contribution in [0.3, 0.4) is 0 Å². The van der Waals surface area contributed by atoms with Crippen LogP contribution in [0.2, 0.25) is 10.0 Å². The Labute approximate surface area is 262 Å². The first kappa shape index (κ1) is 29.2. The molecule has 10 nitrogen and oxygen atoms in total. The van der Waals surface area contributed by atoms with Crippen LogP contribution in [-0.4, -0.2) is 40.1 Å². The number of anilines is 2. The van der Waals surface area contributed by atoms with Crippen molar-refractivity contribution in [2.24, 2.45) is 5.92 Å². The van der Waals surface area contributed by atoms with Crippen LogP contribution in [0.15, 0.2) is 75.1 Å². The first-order valence-corrected chi connectivity index (χ1v) is 15.5. The number of thiazole rings is 1. The highest BCUT2D eigenvalue weighted by Crippen LogP contribution is 2.54. The van der Waals surface area contributed by atoms with Crippen LogP contribution in [0.1, 0.15) is 33.8 Å². The fourth-order valence-corrected chi connectivity index (χ4v) is 8.21. The highest BCUT2D eigenvalue weighted by Gasteiger charge is 2.57. The van der Waals surface area contributed by atoms with Crippen LogP contribution in [0.4, 0.5) is 11.4 Å². The third-order valence-corrected chi connectivity index (χ3v) is 10.4. The number of halogens is 2. The fraction of sp³-hybridized carbons (Fsp3) is 0.207. The lowest BCUT2D eigenvalue weighted by atomic mass is 9.87. The van der Waals surface area contributed by atoms with E-state index in [1.807, 2.05) is 0 Å². The highest BCUT2D eigenvalue weighted by atomic mass is 35.5. The third kappa shape index (κ3) is 5.29. The standard InChI is InChI=1S/C29H21Cl2N3O7S2/c1-2-40-28(38)14-5-8-16(9-6-14)34-25(36)22-21(19-4-3-11-41-19)24-27(42-23(22)26(34)37)33(29(39)43-24)13-20(35)32-15-7-10-17(30)18(31)12-15/h3-12,21-23H,2,13H2,1H3,(H,32,35)/t21-,22-,23+/m0/s1. The number of aromatic nitrogens is 1. The first-order chi connectivity index (χ1) is 20.7. The van der Waals surface area contributed by atoms with E-state index in [4.69, 9.17) is 32.4 Å². The molecule has 0 aliphatic carbocycles. The molecule has 2 aromatic heterocycles. The van der Waals surface area contributed by atoms with Gasteiger partial charge in [0, 0.05) is 5.69 Å². The zero-order chi connectivity index (χ0) is 30.4. The lowest BCUT2D eigenvalue weighted by molar-refractivity contribution is -0.122. The summed E-state index contributed by atoms with van der Waals surface area (Å²) >= 11 is 14.0. The van der Waals surface area contributed by atoms with Crippen LogP contribution in [0, 0.1) is 5.92 Å². The van der Waals surface area contributed by atoms with E-state index in [2.05, 4.69) is 5.32 Å². The number of thioether (sulfide) groups is 1. The van der Waals surface area contributed by atoms with E-state index in [9.17, 15) is 24.0 Å². The zero-order valence-corrected chi connectivity index (χ0v) is 25.4. The third-order valence-electron chi connectivity index (χ3n) is 7.04. The van der Waals surface area contributed by atoms with E-state index in [0.29, 0.717) is 32.1 Å². The van der Waals surface area contributed by atoms with Crippen molar-refractivity contribution in [3.8, 4) is 0 Å². The number of esters is 1. The maximum absolute atomic E-state index is 13.9. The topological polar surface area (TPSA) is 128 Å². The summed E-state index contributed by atoms with van der Waals surface area (Å²) in [7, 11) is 0. The molecule has 0 saturated carbocycles. The minimum Gasteiger partial charge on any atom is -0.469 e. The Hall–Kier alpha value is -3.84. The SMILES string of the molecule is CCOC(=O)c1ccc(N2C(=O)[C@H]3[C@H](c4ccco4)c4sc(=O)n(CC(=O)Nc5ccc(Cl)c(Cl)c5)c4S[C@H]3C2=O)cc1. The molecule has 0 radical (unpaired) electrons. The first-order valence-electron chi connectivity index (χ1n) is 13.0. The zero-order valence-electron chi connectivity index (χ0n) is 22.2. The Morgan fingerprint density at radius 1 is 1.02 bits per heavy atom. The van der Waals surface area contributed by atoms with Gasteiger partial charge in [-0.1, -0.05) is 46.3 Å². The molecule has 1 fully saturated rings. The van der Waals surface area contributed by atoms with Crippen LogP contribution in [0.5, 0.6) is 0 Å². The number of hydrogen-bond acceptors (Lipinski definition) is 9. The Kier molecular flexibility index (Phi) is 7.94. The minimum atomic E-state index is -0.891. The Bertz CT molecular complexity index is 1820. The van der Waals surface area contributed by atoms with Gasteiger partial charge in [0.1, 0.15) is 17.6 Å². The number of ether oxygens (including phenoxy) is 1. The number of nitrogens with zero attached hydrogens (tertiary/aromatic N) is 2. The van der Waals surface area contributed by atoms with Crippen molar-refractivity contribution in [2.45, 2.75) is 29.7 Å². The summed E-state index contributed by atoms with van der Waals surface area (Å²) in [6.45, 7) is 1.58. The van der Waals surface area contributed by atoms with E-state index in [1.54, 1.807) is 31.2 Å². The summed E-state index contributed by atoms with van der Waals surface area (Å²) in [6.07, 6.45) is 1.46. The second kappa shape index (κ2) is 11.7. The molecule has 43 heavy (non-hydrogen) atoms. The number of benzene rings is 2. The Morgan fingerprint density at radius 2 is 1.79 bits per heavy atom. The van der Waals surface area contributed by atoms with Crippen LogP contribution < -0.4 is 15.1 Å². The lowest BCUT2D eigenvalue weighted by Gasteiger charge is -2.29. The fourth-order valence-electron chi connectivity index (χ4n) is 5.16. The van der Waals surface area contributed by atoms with Gasteiger partial charge < -0.3 is 14.5 Å². The number of nitrogens with one attached hydrogen (secondary N) is 1. The smallest absolute Gasteiger partial charge is 0.338 e. The van der Waals surface area contributed by atoms with Crippen molar-refractivity contribution in [2.75, 3.05) is 16.8 Å². The number of imide groups is 1. The van der Waals surface area contributed by atoms with E-state index in [0.717, 1.165) is 28.0 Å². The second-order valence-electron chi connectivity index (χ2n) is 9.64. The van der Waals surface area contributed by atoms with Gasteiger partial charge in [-0.3, -0.25) is 23.7 Å². The van der Waals surface area contributed by atoms with E-state index >= 15 is 0 Å². The molecule has 2 aliphatic rings. The summed E-state index contributed by atoms with van der Waals surface area (Å²) in [4.78, 5) is 67.2. The van der Waals surface area contributed by atoms with Gasteiger partial charge in [0.15, 0.2) is 0 Å². The van der Waals surface area contributed by atoms with Crippen molar-refractivity contribution in [3.63, 3.8) is 0 Å². The van der Waals surface area contributed by atoms with Gasteiger partial charge in [-0.05, 0) is 61.5 Å². The molecule has 1 saturated heterocycles. The number of hydrogen-bond donors (Lipinski definition) is 1. The summed E-state index contributed by atoms with van der Waals surface area (Å²) in [5.41, 5.74) is 0.993. The monoisotopic (exact) mass is 657 g/mol. The molecule has 4 heterocycles. The molecular formula is C29H21Cl2N3O7S2. The molecule has 4 aromatic rings. The molecule has 2 aliphatic heterocycles. The largest absolute Gasteiger partial charge is 0.469 e. The highest BCUT2D eigenvalue weighted by molar-refractivity contribution is 8.00. The Morgan fingerprint density at radius 3 is 2.47 bits per heavy atom. The van der Waals surface area contributed by atoms with Gasteiger partial charge in [-0.25, -0.2) is 9.69 Å². The van der Waals surface area contributed by atoms with Crippen LogP contribution in [0.25, 0.3) is 0 Å². The number of carbonyl (C=O) groups excluding carboxylic acids is 4. The molecule has 1 N–H and O–H groups in total. The molecule has 2 aromatic carbocycles.